The predicted octanol–water partition coefficient (Wildman–Crippen LogP) is 1.83. The Morgan fingerprint density at radius 2 is 1.95 bits per heavy atom. The van der Waals surface area contributed by atoms with Crippen LogP contribution in [0.15, 0.2) is 24.3 Å². The third kappa shape index (κ3) is 3.18. The Morgan fingerprint density at radius 1 is 1.25 bits per heavy atom. The number of hydrogen-bond donors (Lipinski definition) is 0. The zero-order chi connectivity index (χ0) is 14.5. The van der Waals surface area contributed by atoms with Crippen LogP contribution in [0.3, 0.4) is 0 Å². The fraction of sp³-hybridized carbons (Fsp3) is 0.500. The molecule has 2 amide bonds. The first-order valence-electron chi connectivity index (χ1n) is 7.24. The number of carbonyl (C=O) groups is 2. The van der Waals surface area contributed by atoms with Crippen molar-refractivity contribution in [1.29, 1.82) is 0 Å². The number of carbonyl (C=O) groups excluding carboxylic acids is 2. The summed E-state index contributed by atoms with van der Waals surface area (Å²) < 4.78 is 0. The zero-order valence-electron chi connectivity index (χ0n) is 12.3. The summed E-state index contributed by atoms with van der Waals surface area (Å²) in [5.41, 5.74) is 2.43. The van der Waals surface area contributed by atoms with E-state index in [4.69, 9.17) is 0 Å². The molecular weight excluding hydrogens is 252 g/mol. The van der Waals surface area contributed by atoms with Crippen molar-refractivity contribution in [2.75, 3.05) is 20.1 Å². The van der Waals surface area contributed by atoms with E-state index >= 15 is 0 Å². The largest absolute Gasteiger partial charge is 0.338 e. The first-order valence-corrected chi connectivity index (χ1v) is 7.24. The highest BCUT2D eigenvalue weighted by molar-refractivity contribution is 6.34. The van der Waals surface area contributed by atoms with Crippen molar-refractivity contribution in [3.05, 3.63) is 35.4 Å². The molecule has 20 heavy (non-hydrogen) atoms. The first kappa shape index (κ1) is 14.6. The quantitative estimate of drug-likeness (QED) is 0.789. The lowest BCUT2D eigenvalue weighted by molar-refractivity contribution is -0.151. The van der Waals surface area contributed by atoms with Gasteiger partial charge in [-0.2, -0.15) is 0 Å². The van der Waals surface area contributed by atoms with Crippen molar-refractivity contribution in [3.63, 3.8) is 0 Å². The van der Waals surface area contributed by atoms with Gasteiger partial charge in [0.2, 0.25) is 0 Å². The summed E-state index contributed by atoms with van der Waals surface area (Å²) in [6, 6.07) is 8.11. The molecular formula is C16H22N2O2. The van der Waals surface area contributed by atoms with Crippen LogP contribution in [0, 0.1) is 0 Å². The Hall–Kier alpha value is -1.84. The molecule has 0 radical (unpaired) electrons. The molecule has 1 aromatic carbocycles. The second kappa shape index (κ2) is 6.55. The molecule has 1 heterocycles. The maximum Gasteiger partial charge on any atom is 0.312 e. The lowest BCUT2D eigenvalue weighted by atomic mass is 10.00. The molecule has 0 fully saturated rings. The molecule has 0 saturated heterocycles. The van der Waals surface area contributed by atoms with E-state index in [1.807, 2.05) is 18.2 Å². The second-order valence-electron chi connectivity index (χ2n) is 5.33. The van der Waals surface area contributed by atoms with E-state index in [0.717, 1.165) is 24.8 Å². The van der Waals surface area contributed by atoms with Crippen LogP contribution >= 0.6 is 0 Å². The lowest BCUT2D eigenvalue weighted by Crippen LogP contribution is -2.45. The number of benzene rings is 1. The minimum absolute atomic E-state index is 0.377. The molecule has 0 atom stereocenters. The fourth-order valence-electron chi connectivity index (χ4n) is 2.46. The van der Waals surface area contributed by atoms with Gasteiger partial charge in [-0.05, 0) is 24.0 Å². The number of hydrogen-bond acceptors (Lipinski definition) is 2. The standard InChI is InChI=1S/C16H22N2O2/c1-3-4-10-17(2)15(19)16(20)18-11-9-13-7-5-6-8-14(13)12-18/h5-8H,3-4,9-12H2,1-2H3. The number of rotatable bonds is 3. The van der Waals surface area contributed by atoms with Crippen LogP contribution in [0.4, 0.5) is 0 Å². The summed E-state index contributed by atoms with van der Waals surface area (Å²) in [5.74, 6) is -0.768. The molecule has 0 bridgehead atoms. The average molecular weight is 274 g/mol. The van der Waals surface area contributed by atoms with E-state index < -0.39 is 5.91 Å². The minimum atomic E-state index is -0.391. The monoisotopic (exact) mass is 274 g/mol. The SMILES string of the molecule is CCCCN(C)C(=O)C(=O)N1CCc2ccccc2C1. The van der Waals surface area contributed by atoms with Gasteiger partial charge in [-0.1, -0.05) is 37.6 Å². The first-order chi connectivity index (χ1) is 9.63. The van der Waals surface area contributed by atoms with Gasteiger partial charge in [0.1, 0.15) is 0 Å². The van der Waals surface area contributed by atoms with Crippen molar-refractivity contribution in [1.82, 2.24) is 9.80 Å². The van der Waals surface area contributed by atoms with Gasteiger partial charge in [0.25, 0.3) is 0 Å². The lowest BCUT2D eigenvalue weighted by Gasteiger charge is -2.29. The van der Waals surface area contributed by atoms with E-state index in [1.165, 1.54) is 10.5 Å². The Bertz CT molecular complexity index is 499. The number of nitrogens with zero attached hydrogens (tertiary/aromatic N) is 2. The maximum atomic E-state index is 12.2. The predicted molar refractivity (Wildman–Crippen MR) is 78.1 cm³/mol. The molecule has 0 unspecified atom stereocenters. The molecule has 4 nitrogen and oxygen atoms in total. The normalized spacial score (nSPS) is 13.8. The summed E-state index contributed by atoms with van der Waals surface area (Å²) >= 11 is 0. The number of fused-ring (bicyclic) bond motifs is 1. The summed E-state index contributed by atoms with van der Waals surface area (Å²) in [5, 5.41) is 0. The molecule has 4 heteroatoms. The molecule has 1 aliphatic rings. The van der Waals surface area contributed by atoms with Crippen LogP contribution in [0.5, 0.6) is 0 Å². The fourth-order valence-corrected chi connectivity index (χ4v) is 2.46. The summed E-state index contributed by atoms with van der Waals surface area (Å²) in [7, 11) is 1.70. The van der Waals surface area contributed by atoms with E-state index in [-0.39, 0.29) is 5.91 Å². The van der Waals surface area contributed by atoms with Gasteiger partial charge in [0.05, 0.1) is 0 Å². The van der Waals surface area contributed by atoms with Crippen molar-refractivity contribution >= 4 is 11.8 Å². The Morgan fingerprint density at radius 3 is 2.65 bits per heavy atom. The highest BCUT2D eigenvalue weighted by atomic mass is 16.2. The van der Waals surface area contributed by atoms with E-state index in [9.17, 15) is 9.59 Å². The van der Waals surface area contributed by atoms with Crippen LogP contribution in [-0.2, 0) is 22.6 Å². The van der Waals surface area contributed by atoms with E-state index in [0.29, 0.717) is 19.6 Å². The second-order valence-corrected chi connectivity index (χ2v) is 5.33. The van der Waals surface area contributed by atoms with E-state index in [2.05, 4.69) is 13.0 Å². The van der Waals surface area contributed by atoms with E-state index in [1.54, 1.807) is 11.9 Å². The van der Waals surface area contributed by atoms with Crippen LogP contribution in [0.1, 0.15) is 30.9 Å². The van der Waals surface area contributed by atoms with Gasteiger partial charge in [-0.3, -0.25) is 9.59 Å². The molecule has 108 valence electrons. The van der Waals surface area contributed by atoms with Gasteiger partial charge >= 0.3 is 11.8 Å². The Kier molecular flexibility index (Phi) is 4.77. The van der Waals surface area contributed by atoms with Crippen LogP contribution < -0.4 is 0 Å². The number of likely N-dealkylation sites (N-methyl/N-ethyl adjacent to an activating group) is 1. The smallest absolute Gasteiger partial charge is 0.312 e. The highest BCUT2D eigenvalue weighted by Gasteiger charge is 2.27. The van der Waals surface area contributed by atoms with Crippen LogP contribution in [0.25, 0.3) is 0 Å². The van der Waals surface area contributed by atoms with Crippen molar-refractivity contribution in [2.45, 2.75) is 32.7 Å². The van der Waals surface area contributed by atoms with Gasteiger partial charge in [-0.15, -0.1) is 0 Å². The molecule has 0 saturated carbocycles. The molecule has 0 aliphatic carbocycles. The Balaban J connectivity index is 1.99. The third-order valence-electron chi connectivity index (χ3n) is 3.79. The minimum Gasteiger partial charge on any atom is -0.338 e. The highest BCUT2D eigenvalue weighted by Crippen LogP contribution is 2.18. The maximum absolute atomic E-state index is 12.2. The van der Waals surface area contributed by atoms with Crippen molar-refractivity contribution < 1.29 is 9.59 Å². The summed E-state index contributed by atoms with van der Waals surface area (Å²) in [6.07, 6.45) is 2.77. The molecule has 1 aliphatic heterocycles. The molecule has 1 aromatic rings. The average Bonchev–Trinajstić information content (AvgIpc) is 2.50. The number of amides is 2. The number of unbranched alkanes of at least 4 members (excludes halogenated alkanes) is 1. The van der Waals surface area contributed by atoms with Gasteiger partial charge in [0, 0.05) is 26.7 Å². The molecule has 0 spiro atoms. The van der Waals surface area contributed by atoms with Crippen LogP contribution in [0.2, 0.25) is 0 Å². The van der Waals surface area contributed by atoms with Gasteiger partial charge in [-0.25, -0.2) is 0 Å². The summed E-state index contributed by atoms with van der Waals surface area (Å²) in [4.78, 5) is 27.5. The van der Waals surface area contributed by atoms with Crippen molar-refractivity contribution in [2.24, 2.45) is 0 Å². The third-order valence-corrected chi connectivity index (χ3v) is 3.79. The zero-order valence-corrected chi connectivity index (χ0v) is 12.3. The van der Waals surface area contributed by atoms with Gasteiger partial charge < -0.3 is 9.80 Å². The molecule has 0 N–H and O–H groups in total. The van der Waals surface area contributed by atoms with Crippen molar-refractivity contribution in [3.8, 4) is 0 Å². The topological polar surface area (TPSA) is 40.6 Å². The van der Waals surface area contributed by atoms with Gasteiger partial charge in [0.15, 0.2) is 0 Å². The summed E-state index contributed by atoms with van der Waals surface area (Å²) in [6.45, 7) is 3.89. The Labute approximate surface area is 120 Å². The van der Waals surface area contributed by atoms with Crippen LogP contribution in [-0.4, -0.2) is 41.8 Å². The molecule has 2 rings (SSSR count). The molecule has 0 aromatic heterocycles.